The van der Waals surface area contributed by atoms with Crippen LogP contribution in [-0.2, 0) is 0 Å². The topological polar surface area (TPSA) is 65.1 Å². The third-order valence-electron chi connectivity index (χ3n) is 3.35. The molecule has 1 heterocycles. The lowest BCUT2D eigenvalue weighted by Gasteiger charge is -2.21. The highest BCUT2D eigenvalue weighted by Gasteiger charge is 2.24. The van der Waals surface area contributed by atoms with Crippen LogP contribution in [0.1, 0.15) is 42.8 Å². The molecule has 3 N–H and O–H groups in total. The minimum atomic E-state index is -0.193. The van der Waals surface area contributed by atoms with E-state index in [0.29, 0.717) is 0 Å². The highest BCUT2D eigenvalue weighted by atomic mass is 79.9. The van der Waals surface area contributed by atoms with E-state index in [9.17, 15) is 0 Å². The summed E-state index contributed by atoms with van der Waals surface area (Å²) in [5.74, 6) is 6.55. The van der Waals surface area contributed by atoms with Crippen molar-refractivity contribution in [1.29, 1.82) is 0 Å². The number of rotatable bonds is 5. The number of halogens is 1. The van der Waals surface area contributed by atoms with Gasteiger partial charge in [0, 0.05) is 10.5 Å². The summed E-state index contributed by atoms with van der Waals surface area (Å²) in [6.45, 7) is 6.21. The molecule has 5 nitrogen and oxygen atoms in total. The molecule has 1 atom stereocenters. The fraction of sp³-hybridized carbons (Fsp3) is 0.400. The Bertz CT molecular complexity index is 604. The van der Waals surface area contributed by atoms with E-state index in [-0.39, 0.29) is 12.1 Å². The molecule has 1 aromatic heterocycles. The number of nitrogens with zero attached hydrogens (tertiary/aromatic N) is 2. The molecule has 0 aliphatic carbocycles. The second-order valence-corrected chi connectivity index (χ2v) is 6.21. The first kappa shape index (κ1) is 16.0. The van der Waals surface area contributed by atoms with Crippen molar-refractivity contribution in [2.24, 2.45) is 5.84 Å². The molecule has 0 saturated heterocycles. The van der Waals surface area contributed by atoms with Crippen molar-refractivity contribution in [1.82, 2.24) is 15.2 Å². The Morgan fingerprint density at radius 3 is 2.57 bits per heavy atom. The number of hydrogen-bond donors (Lipinski definition) is 2. The van der Waals surface area contributed by atoms with Gasteiger partial charge in [-0.15, -0.1) is 0 Å². The van der Waals surface area contributed by atoms with Crippen LogP contribution in [0.3, 0.4) is 0 Å². The number of ether oxygens (including phenoxy) is 1. The van der Waals surface area contributed by atoms with Crippen molar-refractivity contribution in [3.63, 3.8) is 0 Å². The summed E-state index contributed by atoms with van der Waals surface area (Å²) >= 11 is 3.53. The molecular weight excluding hydrogens is 332 g/mol. The largest absolute Gasteiger partial charge is 0.493 e. The summed E-state index contributed by atoms with van der Waals surface area (Å²) in [6, 6.07) is 6.24. The first-order valence-corrected chi connectivity index (χ1v) is 7.61. The van der Waals surface area contributed by atoms with Gasteiger partial charge in [-0.05, 0) is 44.0 Å². The summed E-state index contributed by atoms with van der Waals surface area (Å²) in [4.78, 5) is 0. The lowest BCUT2D eigenvalue weighted by Crippen LogP contribution is -2.31. The number of methoxy groups -OCH3 is 1. The van der Waals surface area contributed by atoms with Crippen LogP contribution in [0.4, 0.5) is 0 Å². The van der Waals surface area contributed by atoms with Gasteiger partial charge in [-0.2, -0.15) is 5.10 Å². The van der Waals surface area contributed by atoms with Crippen LogP contribution in [0.5, 0.6) is 5.75 Å². The maximum Gasteiger partial charge on any atom is 0.161 e. The molecule has 0 aliphatic heterocycles. The van der Waals surface area contributed by atoms with Crippen LogP contribution < -0.4 is 16.0 Å². The molecule has 114 valence electrons. The van der Waals surface area contributed by atoms with Gasteiger partial charge in [0.1, 0.15) is 5.69 Å². The summed E-state index contributed by atoms with van der Waals surface area (Å²) in [5, 5.41) is 4.41. The zero-order chi connectivity index (χ0) is 15.6. The van der Waals surface area contributed by atoms with E-state index in [4.69, 9.17) is 10.6 Å². The molecule has 1 unspecified atom stereocenters. The van der Waals surface area contributed by atoms with Crippen LogP contribution in [0.15, 0.2) is 28.9 Å². The molecule has 21 heavy (non-hydrogen) atoms. The minimum absolute atomic E-state index is 0.193. The number of aryl methyl sites for hydroxylation is 1. The van der Waals surface area contributed by atoms with E-state index in [2.05, 4.69) is 65.4 Å². The fourth-order valence-electron chi connectivity index (χ4n) is 2.46. The van der Waals surface area contributed by atoms with Gasteiger partial charge in [0.2, 0.25) is 0 Å². The molecule has 1 aromatic carbocycles. The van der Waals surface area contributed by atoms with Crippen LogP contribution in [0.2, 0.25) is 0 Å². The summed E-state index contributed by atoms with van der Waals surface area (Å²) in [7, 11) is 1.64. The maximum atomic E-state index is 5.83. The fourth-order valence-corrected chi connectivity index (χ4v) is 3.09. The van der Waals surface area contributed by atoms with Gasteiger partial charge in [0.05, 0.1) is 19.3 Å². The molecule has 0 radical (unpaired) electrons. The molecule has 0 aliphatic rings. The number of aromatic nitrogens is 2. The average Bonchev–Trinajstić information content (AvgIpc) is 2.82. The van der Waals surface area contributed by atoms with Gasteiger partial charge in [0.15, 0.2) is 5.75 Å². The predicted molar refractivity (Wildman–Crippen MR) is 87.2 cm³/mol. The maximum absolute atomic E-state index is 5.83. The van der Waals surface area contributed by atoms with Crippen molar-refractivity contribution in [2.75, 3.05) is 7.11 Å². The van der Waals surface area contributed by atoms with E-state index < -0.39 is 0 Å². The summed E-state index contributed by atoms with van der Waals surface area (Å²) < 4.78 is 8.40. The van der Waals surface area contributed by atoms with Gasteiger partial charge >= 0.3 is 0 Å². The second-order valence-electron chi connectivity index (χ2n) is 5.30. The Balaban J connectivity index is 2.57. The molecule has 0 spiro atoms. The minimum Gasteiger partial charge on any atom is -0.493 e. The van der Waals surface area contributed by atoms with Crippen LogP contribution in [-0.4, -0.2) is 16.9 Å². The highest BCUT2D eigenvalue weighted by molar-refractivity contribution is 9.10. The predicted octanol–water partition coefficient (Wildman–Crippen LogP) is 3.10. The van der Waals surface area contributed by atoms with Crippen molar-refractivity contribution in [3.8, 4) is 5.75 Å². The molecule has 0 amide bonds. The van der Waals surface area contributed by atoms with Crippen molar-refractivity contribution < 1.29 is 4.74 Å². The van der Waals surface area contributed by atoms with Gasteiger partial charge in [-0.3, -0.25) is 10.5 Å². The van der Waals surface area contributed by atoms with E-state index in [1.807, 2.05) is 4.68 Å². The Morgan fingerprint density at radius 2 is 2.05 bits per heavy atom. The Labute approximate surface area is 133 Å². The Kier molecular flexibility index (Phi) is 5.03. The Hall–Kier alpha value is -1.37. The van der Waals surface area contributed by atoms with Crippen molar-refractivity contribution in [3.05, 3.63) is 45.7 Å². The van der Waals surface area contributed by atoms with E-state index in [0.717, 1.165) is 27.0 Å². The third-order valence-corrected chi connectivity index (χ3v) is 3.80. The number of nitrogens with two attached hydrogens (primary N) is 1. The smallest absolute Gasteiger partial charge is 0.161 e. The number of nitrogens with one attached hydrogen (secondary N) is 1. The van der Waals surface area contributed by atoms with Crippen LogP contribution in [0, 0.1) is 6.92 Å². The Morgan fingerprint density at radius 1 is 1.33 bits per heavy atom. The van der Waals surface area contributed by atoms with E-state index >= 15 is 0 Å². The standard InChI is InChI=1S/C15H21BrN4O/c1-9(2)20-15(13(21-4)8-18-20)14(19-17)11-5-10(3)6-12(16)7-11/h5-9,14,19H,17H2,1-4H3. The molecular formula is C15H21BrN4O. The molecule has 0 saturated carbocycles. The van der Waals surface area contributed by atoms with Crippen LogP contribution >= 0.6 is 15.9 Å². The molecule has 0 fully saturated rings. The highest BCUT2D eigenvalue weighted by Crippen LogP contribution is 2.32. The number of benzene rings is 1. The monoisotopic (exact) mass is 352 g/mol. The first-order valence-electron chi connectivity index (χ1n) is 6.82. The quantitative estimate of drug-likeness (QED) is 0.640. The summed E-state index contributed by atoms with van der Waals surface area (Å²) in [5.41, 5.74) is 6.03. The second kappa shape index (κ2) is 6.60. The van der Waals surface area contributed by atoms with E-state index in [1.54, 1.807) is 13.3 Å². The SMILES string of the molecule is COc1cnn(C(C)C)c1C(NN)c1cc(C)cc(Br)c1. The molecule has 2 rings (SSSR count). The van der Waals surface area contributed by atoms with E-state index in [1.165, 1.54) is 0 Å². The zero-order valence-electron chi connectivity index (χ0n) is 12.7. The normalized spacial score (nSPS) is 12.7. The van der Waals surface area contributed by atoms with Crippen molar-refractivity contribution >= 4 is 15.9 Å². The van der Waals surface area contributed by atoms with Gasteiger partial charge in [-0.1, -0.05) is 22.0 Å². The zero-order valence-corrected chi connectivity index (χ0v) is 14.3. The number of hydrazine groups is 1. The van der Waals surface area contributed by atoms with Crippen LogP contribution in [0.25, 0.3) is 0 Å². The average molecular weight is 353 g/mol. The summed E-state index contributed by atoms with van der Waals surface area (Å²) in [6.07, 6.45) is 1.73. The molecule has 2 aromatic rings. The molecule has 0 bridgehead atoms. The lowest BCUT2D eigenvalue weighted by molar-refractivity contribution is 0.394. The van der Waals surface area contributed by atoms with Gasteiger partial charge in [0.25, 0.3) is 0 Å². The first-order chi connectivity index (χ1) is 9.97. The molecule has 6 heteroatoms. The van der Waals surface area contributed by atoms with Crippen molar-refractivity contribution in [2.45, 2.75) is 32.9 Å². The third kappa shape index (κ3) is 3.28. The van der Waals surface area contributed by atoms with Gasteiger partial charge < -0.3 is 4.74 Å². The van der Waals surface area contributed by atoms with Gasteiger partial charge in [-0.25, -0.2) is 5.43 Å². The number of hydrogen-bond acceptors (Lipinski definition) is 4. The lowest BCUT2D eigenvalue weighted by atomic mass is 10.0.